The molecule has 6 nitrogen and oxygen atoms in total. The Bertz CT molecular complexity index is 1030. The number of ether oxygens (including phenoxy) is 1. The molecule has 0 saturated carbocycles. The molecule has 0 bridgehead atoms. The lowest BCUT2D eigenvalue weighted by Gasteiger charge is -2.32. The highest BCUT2D eigenvalue weighted by Crippen LogP contribution is 2.37. The Morgan fingerprint density at radius 2 is 1.66 bits per heavy atom. The number of benzene rings is 2. The zero-order chi connectivity index (χ0) is 21.6. The lowest BCUT2D eigenvalue weighted by Crippen LogP contribution is -2.41. The van der Waals surface area contributed by atoms with E-state index in [4.69, 9.17) is 37.2 Å². The Morgan fingerprint density at radius 3 is 2.21 bits per heavy atom. The number of hydrogen-bond acceptors (Lipinski definition) is 5. The smallest absolute Gasteiger partial charge is 0.495 e. The average Bonchev–Trinajstić information content (AvgIpc) is 2.84. The second-order valence-electron chi connectivity index (χ2n) is 7.70. The number of rotatable bonds is 5. The maximum atomic E-state index is 12.8. The first kappa shape index (κ1) is 22.2. The van der Waals surface area contributed by atoms with Gasteiger partial charge in [-0.05, 0) is 52.0 Å². The molecule has 1 N–H and O–H groups in total. The molecular formula is C19H22BCl2NO5S. The van der Waals surface area contributed by atoms with Crippen LogP contribution < -0.4 is 14.9 Å². The molecule has 1 heterocycles. The summed E-state index contributed by atoms with van der Waals surface area (Å²) in [6.45, 7) is 7.73. The van der Waals surface area contributed by atoms with Crippen molar-refractivity contribution in [1.29, 1.82) is 0 Å². The topological polar surface area (TPSA) is 73.9 Å². The van der Waals surface area contributed by atoms with Crippen LogP contribution in [0, 0.1) is 0 Å². The van der Waals surface area contributed by atoms with Gasteiger partial charge in [-0.3, -0.25) is 4.72 Å². The normalized spacial score (nSPS) is 18.0. The Morgan fingerprint density at radius 1 is 1.03 bits per heavy atom. The van der Waals surface area contributed by atoms with Crippen LogP contribution in [0.5, 0.6) is 5.75 Å². The Balaban J connectivity index is 1.91. The quantitative estimate of drug-likeness (QED) is 0.684. The average molecular weight is 458 g/mol. The molecule has 156 valence electrons. The van der Waals surface area contributed by atoms with Crippen LogP contribution in [0.1, 0.15) is 27.7 Å². The van der Waals surface area contributed by atoms with Crippen molar-refractivity contribution < 1.29 is 22.5 Å². The van der Waals surface area contributed by atoms with Crippen LogP contribution in [0.4, 0.5) is 5.69 Å². The van der Waals surface area contributed by atoms with Crippen molar-refractivity contribution >= 4 is 51.5 Å². The number of nitrogens with one attached hydrogen (secondary N) is 1. The standard InChI is InChI=1S/C19H22BCl2NO5S/c1-18(2)19(3,4)28-20(27-18)13-7-6-8-15(17(13)22)23-29(24,25)12-9-10-16(26-5)14(21)11-12/h6-11,23H,1-5H3. The van der Waals surface area contributed by atoms with Gasteiger partial charge in [-0.15, -0.1) is 0 Å². The highest BCUT2D eigenvalue weighted by atomic mass is 35.5. The minimum absolute atomic E-state index is 0.0135. The highest BCUT2D eigenvalue weighted by Gasteiger charge is 2.52. The molecule has 29 heavy (non-hydrogen) atoms. The van der Waals surface area contributed by atoms with E-state index in [0.717, 1.165) is 0 Å². The number of hydrogen-bond donors (Lipinski definition) is 1. The van der Waals surface area contributed by atoms with Gasteiger partial charge in [0.05, 0.1) is 38.9 Å². The van der Waals surface area contributed by atoms with E-state index in [2.05, 4.69) is 4.72 Å². The van der Waals surface area contributed by atoms with Gasteiger partial charge in [0, 0.05) is 5.46 Å². The number of sulfonamides is 1. The van der Waals surface area contributed by atoms with Crippen LogP contribution in [-0.4, -0.2) is 33.8 Å². The van der Waals surface area contributed by atoms with Gasteiger partial charge in [-0.25, -0.2) is 8.42 Å². The second-order valence-corrected chi connectivity index (χ2v) is 10.2. The van der Waals surface area contributed by atoms with Gasteiger partial charge in [-0.2, -0.15) is 0 Å². The van der Waals surface area contributed by atoms with Crippen LogP contribution in [0.3, 0.4) is 0 Å². The summed E-state index contributed by atoms with van der Waals surface area (Å²) in [6.07, 6.45) is 0. The summed E-state index contributed by atoms with van der Waals surface area (Å²) in [7, 11) is -3.19. The Hall–Kier alpha value is -1.45. The number of methoxy groups -OCH3 is 1. The van der Waals surface area contributed by atoms with E-state index in [0.29, 0.717) is 11.2 Å². The lowest BCUT2D eigenvalue weighted by atomic mass is 9.79. The molecule has 1 fully saturated rings. The lowest BCUT2D eigenvalue weighted by molar-refractivity contribution is 0.00578. The molecule has 0 unspecified atom stereocenters. The van der Waals surface area contributed by atoms with Gasteiger partial charge < -0.3 is 14.0 Å². The van der Waals surface area contributed by atoms with Gasteiger partial charge in [-0.1, -0.05) is 35.3 Å². The predicted octanol–water partition coefficient (Wildman–Crippen LogP) is 4.10. The van der Waals surface area contributed by atoms with Crippen LogP contribution in [-0.2, 0) is 19.3 Å². The van der Waals surface area contributed by atoms with E-state index in [-0.39, 0.29) is 20.6 Å². The number of anilines is 1. The monoisotopic (exact) mass is 457 g/mol. The van der Waals surface area contributed by atoms with Gasteiger partial charge in [0.2, 0.25) is 0 Å². The summed E-state index contributed by atoms with van der Waals surface area (Å²) >= 11 is 12.6. The molecule has 0 atom stereocenters. The maximum absolute atomic E-state index is 12.8. The first-order chi connectivity index (χ1) is 13.4. The van der Waals surface area contributed by atoms with Crippen molar-refractivity contribution in [2.75, 3.05) is 11.8 Å². The summed E-state index contributed by atoms with van der Waals surface area (Å²) in [6, 6.07) is 9.20. The second kappa shape index (κ2) is 7.67. The number of halogens is 2. The first-order valence-electron chi connectivity index (χ1n) is 8.88. The molecule has 0 radical (unpaired) electrons. The highest BCUT2D eigenvalue weighted by molar-refractivity contribution is 7.92. The van der Waals surface area contributed by atoms with Gasteiger partial charge in [0.1, 0.15) is 5.75 Å². The summed E-state index contributed by atoms with van der Waals surface area (Å²) < 4.78 is 45.2. The third-order valence-electron chi connectivity index (χ3n) is 5.21. The summed E-state index contributed by atoms with van der Waals surface area (Å²) in [4.78, 5) is -0.0135. The molecule has 1 aliphatic heterocycles. The third kappa shape index (κ3) is 4.23. The molecule has 2 aromatic rings. The Labute approximate surface area is 181 Å². The maximum Gasteiger partial charge on any atom is 0.496 e. The van der Waals surface area contributed by atoms with Crippen LogP contribution in [0.2, 0.25) is 10.0 Å². The van der Waals surface area contributed by atoms with Crippen LogP contribution >= 0.6 is 23.2 Å². The fraction of sp³-hybridized carbons (Fsp3) is 0.368. The SMILES string of the molecule is COc1ccc(S(=O)(=O)Nc2cccc(B3OC(C)(C)C(C)(C)O3)c2Cl)cc1Cl. The molecule has 0 aliphatic carbocycles. The predicted molar refractivity (Wildman–Crippen MR) is 116 cm³/mol. The van der Waals surface area contributed by atoms with Crippen molar-refractivity contribution in [3.05, 3.63) is 46.4 Å². The molecule has 2 aromatic carbocycles. The zero-order valence-corrected chi connectivity index (χ0v) is 19.1. The van der Waals surface area contributed by atoms with Crippen molar-refractivity contribution in [2.24, 2.45) is 0 Å². The summed E-state index contributed by atoms with van der Waals surface area (Å²) in [5.41, 5.74) is -0.337. The first-order valence-corrected chi connectivity index (χ1v) is 11.1. The van der Waals surface area contributed by atoms with E-state index in [1.165, 1.54) is 25.3 Å². The van der Waals surface area contributed by atoms with Gasteiger partial charge >= 0.3 is 7.12 Å². The summed E-state index contributed by atoms with van der Waals surface area (Å²) in [5, 5.41) is 0.390. The minimum atomic E-state index is -3.93. The third-order valence-corrected chi connectivity index (χ3v) is 7.29. The fourth-order valence-electron chi connectivity index (χ4n) is 2.80. The van der Waals surface area contributed by atoms with Crippen molar-refractivity contribution in [1.82, 2.24) is 0 Å². The molecule has 1 aliphatic rings. The fourth-order valence-corrected chi connectivity index (χ4v) is 4.54. The molecule has 0 amide bonds. The Kier molecular flexibility index (Phi) is 5.88. The van der Waals surface area contributed by atoms with E-state index >= 15 is 0 Å². The molecule has 0 aromatic heterocycles. The largest absolute Gasteiger partial charge is 0.496 e. The van der Waals surface area contributed by atoms with Crippen molar-refractivity contribution in [3.63, 3.8) is 0 Å². The zero-order valence-electron chi connectivity index (χ0n) is 16.7. The van der Waals surface area contributed by atoms with Crippen molar-refractivity contribution in [2.45, 2.75) is 43.8 Å². The van der Waals surface area contributed by atoms with Crippen LogP contribution in [0.25, 0.3) is 0 Å². The van der Waals surface area contributed by atoms with Crippen LogP contribution in [0.15, 0.2) is 41.3 Å². The minimum Gasteiger partial charge on any atom is -0.495 e. The molecule has 1 saturated heterocycles. The summed E-state index contributed by atoms with van der Waals surface area (Å²) in [5.74, 6) is 0.381. The molecule has 10 heteroatoms. The molecular weight excluding hydrogens is 436 g/mol. The van der Waals surface area contributed by atoms with Crippen molar-refractivity contribution in [3.8, 4) is 5.75 Å². The van der Waals surface area contributed by atoms with E-state index < -0.39 is 28.3 Å². The van der Waals surface area contributed by atoms with Gasteiger partial charge in [0.25, 0.3) is 10.0 Å². The van der Waals surface area contributed by atoms with Gasteiger partial charge in [0.15, 0.2) is 0 Å². The molecule has 3 rings (SSSR count). The van der Waals surface area contributed by atoms with E-state index in [1.807, 2.05) is 27.7 Å². The van der Waals surface area contributed by atoms with E-state index in [9.17, 15) is 8.42 Å². The van der Waals surface area contributed by atoms with E-state index in [1.54, 1.807) is 18.2 Å². The molecule has 0 spiro atoms.